The van der Waals surface area contributed by atoms with Gasteiger partial charge >= 0.3 is 4.87 Å². The van der Waals surface area contributed by atoms with E-state index in [9.17, 15) is 9.18 Å². The molecular formula is C7H10FNOS. The largest absolute Gasteiger partial charge is 0.307 e. The van der Waals surface area contributed by atoms with E-state index in [1.807, 2.05) is 0 Å². The number of thiazole rings is 1. The summed E-state index contributed by atoms with van der Waals surface area (Å²) in [6, 6.07) is 0. The van der Waals surface area contributed by atoms with E-state index >= 15 is 0 Å². The molecule has 0 aliphatic rings. The van der Waals surface area contributed by atoms with E-state index in [0.29, 0.717) is 6.42 Å². The molecule has 4 heteroatoms. The summed E-state index contributed by atoms with van der Waals surface area (Å²) in [5.74, 6) is 0. The molecular weight excluding hydrogens is 165 g/mol. The number of rotatable bonds is 3. The van der Waals surface area contributed by atoms with Crippen molar-refractivity contribution >= 4 is 11.3 Å². The van der Waals surface area contributed by atoms with Crippen molar-refractivity contribution in [1.29, 1.82) is 0 Å². The molecule has 0 amide bonds. The van der Waals surface area contributed by atoms with Crippen molar-refractivity contribution in [2.45, 2.75) is 26.1 Å². The molecule has 1 heterocycles. The van der Waals surface area contributed by atoms with Crippen molar-refractivity contribution in [3.8, 4) is 0 Å². The van der Waals surface area contributed by atoms with Crippen LogP contribution in [0.1, 0.15) is 13.3 Å². The molecule has 0 aromatic carbocycles. The van der Waals surface area contributed by atoms with E-state index in [1.54, 1.807) is 18.5 Å². The van der Waals surface area contributed by atoms with E-state index in [2.05, 4.69) is 0 Å². The van der Waals surface area contributed by atoms with Crippen LogP contribution in [0.2, 0.25) is 0 Å². The summed E-state index contributed by atoms with van der Waals surface area (Å²) in [5.41, 5.74) is 0. The highest BCUT2D eigenvalue weighted by atomic mass is 32.1. The third-order valence-corrected chi connectivity index (χ3v) is 2.18. The normalized spacial score (nSPS) is 13.3. The highest BCUT2D eigenvalue weighted by Gasteiger charge is 2.05. The average molecular weight is 175 g/mol. The SMILES string of the molecule is CCC(F)Cn1ccsc1=O. The first-order chi connectivity index (χ1) is 5.24. The maximum absolute atomic E-state index is 12.7. The summed E-state index contributed by atoms with van der Waals surface area (Å²) in [4.78, 5) is 10.8. The number of alkyl halides is 1. The summed E-state index contributed by atoms with van der Waals surface area (Å²) in [6.45, 7) is 1.96. The molecule has 1 atom stereocenters. The minimum Gasteiger partial charge on any atom is -0.303 e. The third kappa shape index (κ3) is 2.15. The van der Waals surface area contributed by atoms with Gasteiger partial charge in [0.25, 0.3) is 0 Å². The average Bonchev–Trinajstić information content (AvgIpc) is 2.37. The quantitative estimate of drug-likeness (QED) is 0.684. The van der Waals surface area contributed by atoms with E-state index in [1.165, 1.54) is 4.57 Å². The molecule has 0 fully saturated rings. The van der Waals surface area contributed by atoms with Crippen LogP contribution in [0.4, 0.5) is 4.39 Å². The molecule has 1 rings (SSSR count). The minimum atomic E-state index is -0.901. The van der Waals surface area contributed by atoms with Crippen molar-refractivity contribution in [2.24, 2.45) is 0 Å². The predicted molar refractivity (Wildman–Crippen MR) is 43.8 cm³/mol. The lowest BCUT2D eigenvalue weighted by atomic mass is 10.3. The number of aromatic nitrogens is 1. The Morgan fingerprint density at radius 2 is 2.55 bits per heavy atom. The topological polar surface area (TPSA) is 22.0 Å². The molecule has 0 aliphatic heterocycles. The molecule has 0 saturated carbocycles. The molecule has 1 aromatic rings. The maximum Gasteiger partial charge on any atom is 0.307 e. The molecule has 1 unspecified atom stereocenters. The summed E-state index contributed by atoms with van der Waals surface area (Å²) >= 11 is 1.10. The van der Waals surface area contributed by atoms with E-state index < -0.39 is 6.17 Å². The van der Waals surface area contributed by atoms with E-state index in [4.69, 9.17) is 0 Å². The van der Waals surface area contributed by atoms with Gasteiger partial charge < -0.3 is 4.57 Å². The molecule has 1 aromatic heterocycles. The number of nitrogens with zero attached hydrogens (tertiary/aromatic N) is 1. The lowest BCUT2D eigenvalue weighted by Crippen LogP contribution is -2.18. The first-order valence-electron chi connectivity index (χ1n) is 3.52. The van der Waals surface area contributed by atoms with Crippen molar-refractivity contribution in [2.75, 3.05) is 0 Å². The Bertz CT molecular complexity index is 267. The summed E-state index contributed by atoms with van der Waals surface area (Å²) in [6.07, 6.45) is 1.18. The molecule has 62 valence electrons. The smallest absolute Gasteiger partial charge is 0.303 e. The molecule has 2 nitrogen and oxygen atoms in total. The maximum atomic E-state index is 12.7. The van der Waals surface area contributed by atoms with Crippen LogP contribution >= 0.6 is 11.3 Å². The van der Waals surface area contributed by atoms with Crippen LogP contribution in [0.5, 0.6) is 0 Å². The van der Waals surface area contributed by atoms with Crippen molar-refractivity contribution in [1.82, 2.24) is 4.57 Å². The Labute approximate surface area is 68.3 Å². The highest BCUT2D eigenvalue weighted by molar-refractivity contribution is 7.07. The summed E-state index contributed by atoms with van der Waals surface area (Å²) in [5, 5.41) is 1.67. The van der Waals surface area contributed by atoms with Crippen molar-refractivity contribution in [3.05, 3.63) is 21.2 Å². The highest BCUT2D eigenvalue weighted by Crippen LogP contribution is 2.00. The second-order valence-electron chi connectivity index (χ2n) is 2.33. The molecule has 0 N–H and O–H groups in total. The molecule has 0 spiro atoms. The fraction of sp³-hybridized carbons (Fsp3) is 0.571. The Morgan fingerprint density at radius 1 is 1.82 bits per heavy atom. The Kier molecular flexibility index (Phi) is 2.82. The van der Waals surface area contributed by atoms with Crippen molar-refractivity contribution < 1.29 is 4.39 Å². The zero-order valence-corrected chi connectivity index (χ0v) is 7.10. The zero-order chi connectivity index (χ0) is 8.27. The monoisotopic (exact) mass is 175 g/mol. The van der Waals surface area contributed by atoms with Crippen LogP contribution in [-0.4, -0.2) is 10.7 Å². The summed E-state index contributed by atoms with van der Waals surface area (Å²) in [7, 11) is 0. The first-order valence-corrected chi connectivity index (χ1v) is 4.40. The number of hydrogen-bond acceptors (Lipinski definition) is 2. The van der Waals surface area contributed by atoms with Crippen molar-refractivity contribution in [3.63, 3.8) is 0 Å². The van der Waals surface area contributed by atoms with Crippen LogP contribution in [0.3, 0.4) is 0 Å². The predicted octanol–water partition coefficient (Wildman–Crippen LogP) is 1.66. The van der Waals surface area contributed by atoms with Gasteiger partial charge in [0.1, 0.15) is 6.17 Å². The summed E-state index contributed by atoms with van der Waals surface area (Å²) < 4.78 is 14.1. The van der Waals surface area contributed by atoms with Gasteiger partial charge in [-0.2, -0.15) is 0 Å². The molecule has 0 saturated heterocycles. The standard InChI is InChI=1S/C7H10FNOS/c1-2-6(8)5-9-3-4-11-7(9)10/h3-4,6H,2,5H2,1H3. The van der Waals surface area contributed by atoms with Crippen LogP contribution in [0.25, 0.3) is 0 Å². The fourth-order valence-corrected chi connectivity index (χ4v) is 1.36. The fourth-order valence-electron chi connectivity index (χ4n) is 0.769. The Balaban J connectivity index is 2.64. The first kappa shape index (κ1) is 8.46. The van der Waals surface area contributed by atoms with Gasteiger partial charge in [0.15, 0.2) is 0 Å². The van der Waals surface area contributed by atoms with Gasteiger partial charge in [-0.15, -0.1) is 0 Å². The zero-order valence-electron chi connectivity index (χ0n) is 6.29. The van der Waals surface area contributed by atoms with Gasteiger partial charge in [-0.3, -0.25) is 4.79 Å². The Morgan fingerprint density at radius 3 is 3.00 bits per heavy atom. The lowest BCUT2D eigenvalue weighted by Gasteiger charge is -2.03. The van der Waals surface area contributed by atoms with Gasteiger partial charge in [-0.1, -0.05) is 18.3 Å². The minimum absolute atomic E-state index is 0.0823. The van der Waals surface area contributed by atoms with E-state index in [-0.39, 0.29) is 11.4 Å². The van der Waals surface area contributed by atoms with E-state index in [0.717, 1.165) is 11.3 Å². The molecule has 11 heavy (non-hydrogen) atoms. The molecule has 0 bridgehead atoms. The van der Waals surface area contributed by atoms with Gasteiger partial charge in [0.05, 0.1) is 6.54 Å². The van der Waals surface area contributed by atoms with Gasteiger partial charge in [0, 0.05) is 11.6 Å². The second kappa shape index (κ2) is 3.67. The number of halogens is 1. The number of hydrogen-bond donors (Lipinski definition) is 0. The Hall–Kier alpha value is -0.640. The second-order valence-corrected chi connectivity index (χ2v) is 3.18. The van der Waals surface area contributed by atoms with Crippen LogP contribution in [0, 0.1) is 0 Å². The van der Waals surface area contributed by atoms with Gasteiger partial charge in [-0.05, 0) is 6.42 Å². The van der Waals surface area contributed by atoms with Crippen LogP contribution in [-0.2, 0) is 6.54 Å². The van der Waals surface area contributed by atoms with Crippen LogP contribution in [0.15, 0.2) is 16.4 Å². The molecule has 0 radical (unpaired) electrons. The third-order valence-electron chi connectivity index (χ3n) is 1.48. The lowest BCUT2D eigenvalue weighted by molar-refractivity contribution is 0.286. The van der Waals surface area contributed by atoms with Gasteiger partial charge in [0.2, 0.25) is 0 Å². The van der Waals surface area contributed by atoms with Gasteiger partial charge in [-0.25, -0.2) is 4.39 Å². The van der Waals surface area contributed by atoms with Crippen LogP contribution < -0.4 is 4.87 Å². The molecule has 0 aliphatic carbocycles.